The molecule has 0 aliphatic heterocycles. The number of nitrogens with one attached hydrogen (secondary N) is 1. The number of allylic oxidation sites excluding steroid dienone is 2. The van der Waals surface area contributed by atoms with Gasteiger partial charge < -0.3 is 10.1 Å². The molecule has 5 heteroatoms. The van der Waals surface area contributed by atoms with Crippen LogP contribution in [0.4, 0.5) is 0 Å². The van der Waals surface area contributed by atoms with Crippen molar-refractivity contribution in [2.45, 2.75) is 0 Å². The van der Waals surface area contributed by atoms with Crippen LogP contribution in [-0.2, 0) is 0 Å². The lowest BCUT2D eigenvalue weighted by atomic mass is 9.92. The van der Waals surface area contributed by atoms with E-state index in [0.29, 0.717) is 20.0 Å². The third-order valence-corrected chi connectivity index (χ3v) is 4.02. The van der Waals surface area contributed by atoms with Crippen molar-refractivity contribution in [1.29, 1.82) is 0 Å². The molecule has 3 rings (SSSR count). The molecule has 0 atom stereocenters. The zero-order chi connectivity index (χ0) is 13.4. The van der Waals surface area contributed by atoms with Gasteiger partial charge in [0, 0.05) is 11.1 Å². The van der Waals surface area contributed by atoms with Crippen molar-refractivity contribution in [1.82, 2.24) is 4.98 Å². The monoisotopic (exact) mass is 287 g/mol. The molecule has 0 saturated heterocycles. The Morgan fingerprint density at radius 3 is 2.79 bits per heavy atom. The van der Waals surface area contributed by atoms with Gasteiger partial charge in [-0.1, -0.05) is 36.4 Å². The molecule has 1 aromatic heterocycles. The summed E-state index contributed by atoms with van der Waals surface area (Å²) in [5.41, 5.74) is 2.13. The van der Waals surface area contributed by atoms with Crippen LogP contribution in [0, 0.1) is 3.95 Å². The predicted octanol–water partition coefficient (Wildman–Crippen LogP) is 3.80. The summed E-state index contributed by atoms with van der Waals surface area (Å²) in [6.07, 6.45) is 5.31. The lowest BCUT2D eigenvalue weighted by Crippen LogP contribution is -2.07. The summed E-state index contributed by atoms with van der Waals surface area (Å²) in [5.74, 6) is -0.0422. The molecule has 0 amide bonds. The van der Waals surface area contributed by atoms with Crippen molar-refractivity contribution in [2.75, 3.05) is 0 Å². The molecule has 0 saturated carbocycles. The minimum Gasteiger partial charge on any atom is -0.494 e. The van der Waals surface area contributed by atoms with Gasteiger partial charge in [-0.15, -0.1) is 11.3 Å². The minimum absolute atomic E-state index is 0.00237. The van der Waals surface area contributed by atoms with Gasteiger partial charge >= 0.3 is 0 Å². The van der Waals surface area contributed by atoms with Gasteiger partial charge in [0.25, 0.3) is 0 Å². The molecular formula is C14H9NO2S2. The summed E-state index contributed by atoms with van der Waals surface area (Å²) in [6.45, 7) is 0. The average molecular weight is 287 g/mol. The van der Waals surface area contributed by atoms with E-state index in [1.54, 1.807) is 18.2 Å². The van der Waals surface area contributed by atoms with Crippen molar-refractivity contribution in [3.8, 4) is 5.88 Å². The number of rotatable bonds is 1. The van der Waals surface area contributed by atoms with E-state index in [2.05, 4.69) is 4.98 Å². The molecule has 0 radical (unpaired) electrons. The number of fused-ring (bicyclic) bond motifs is 1. The lowest BCUT2D eigenvalue weighted by molar-refractivity contribution is 0.103. The highest BCUT2D eigenvalue weighted by Crippen LogP contribution is 2.28. The first-order valence-corrected chi connectivity index (χ1v) is 6.83. The van der Waals surface area contributed by atoms with E-state index >= 15 is 0 Å². The van der Waals surface area contributed by atoms with Crippen molar-refractivity contribution >= 4 is 41.5 Å². The SMILES string of the molecule is O=C1/C(=C\c2sc(=S)[nH]c2O)C=Cc2ccccc21. The fourth-order valence-electron chi connectivity index (χ4n) is 1.94. The summed E-state index contributed by atoms with van der Waals surface area (Å²) in [6, 6.07) is 7.44. The van der Waals surface area contributed by atoms with E-state index in [4.69, 9.17) is 12.2 Å². The Balaban J connectivity index is 2.08. The zero-order valence-electron chi connectivity index (χ0n) is 9.71. The second-order valence-electron chi connectivity index (χ2n) is 4.08. The van der Waals surface area contributed by atoms with Crippen LogP contribution in [0.3, 0.4) is 0 Å². The molecule has 0 bridgehead atoms. The van der Waals surface area contributed by atoms with Gasteiger partial charge in [0.05, 0.1) is 4.88 Å². The smallest absolute Gasteiger partial charge is 0.207 e. The second-order valence-corrected chi connectivity index (χ2v) is 5.80. The molecule has 1 aliphatic rings. The van der Waals surface area contributed by atoms with Gasteiger partial charge in [-0.05, 0) is 23.9 Å². The molecule has 0 spiro atoms. The maximum absolute atomic E-state index is 12.3. The van der Waals surface area contributed by atoms with Crippen LogP contribution in [0.1, 0.15) is 20.8 Å². The number of ketones is 1. The van der Waals surface area contributed by atoms with Crippen LogP contribution in [0.2, 0.25) is 0 Å². The molecule has 0 unspecified atom stereocenters. The van der Waals surface area contributed by atoms with Crippen molar-refractivity contribution in [3.63, 3.8) is 0 Å². The lowest BCUT2D eigenvalue weighted by Gasteiger charge is -2.11. The number of carbonyl (C=O) groups is 1. The first-order chi connectivity index (χ1) is 9.15. The van der Waals surface area contributed by atoms with Crippen LogP contribution in [0.5, 0.6) is 5.88 Å². The van der Waals surface area contributed by atoms with Crippen LogP contribution < -0.4 is 0 Å². The number of H-pyrrole nitrogens is 1. The molecule has 2 N–H and O–H groups in total. The van der Waals surface area contributed by atoms with E-state index < -0.39 is 0 Å². The fraction of sp³-hybridized carbons (Fsp3) is 0. The van der Waals surface area contributed by atoms with Crippen molar-refractivity contribution < 1.29 is 9.90 Å². The number of aromatic nitrogens is 1. The van der Waals surface area contributed by atoms with E-state index in [9.17, 15) is 9.90 Å². The third kappa shape index (κ3) is 2.18. The number of hydrogen-bond acceptors (Lipinski definition) is 4. The summed E-state index contributed by atoms with van der Waals surface area (Å²) < 4.78 is 0.483. The van der Waals surface area contributed by atoms with Gasteiger partial charge in [-0.25, -0.2) is 0 Å². The number of Topliss-reactive ketones (excluding diaryl/α,β-unsaturated/α-hetero) is 1. The Kier molecular flexibility index (Phi) is 2.93. The third-order valence-electron chi connectivity index (χ3n) is 2.85. The number of benzene rings is 1. The molecular weight excluding hydrogens is 278 g/mol. The molecule has 0 fully saturated rings. The van der Waals surface area contributed by atoms with Gasteiger partial charge in [0.15, 0.2) is 9.74 Å². The highest BCUT2D eigenvalue weighted by atomic mass is 32.1. The standard InChI is InChI=1S/C14H9NO2S2/c16-12-9(7-11-13(17)15-14(18)19-11)6-5-8-3-1-2-4-10(8)12/h1-7,17H,(H,15,18)/b9-7-. The minimum atomic E-state index is -0.0446. The number of thiazole rings is 1. The van der Waals surface area contributed by atoms with Gasteiger partial charge in [0.1, 0.15) is 0 Å². The maximum Gasteiger partial charge on any atom is 0.207 e. The largest absolute Gasteiger partial charge is 0.494 e. The number of hydrogen-bond donors (Lipinski definition) is 2. The molecule has 94 valence electrons. The topological polar surface area (TPSA) is 53.1 Å². The number of aromatic amines is 1. The van der Waals surface area contributed by atoms with E-state index in [0.717, 1.165) is 5.56 Å². The highest BCUT2D eigenvalue weighted by Gasteiger charge is 2.17. The molecule has 1 aliphatic carbocycles. The maximum atomic E-state index is 12.3. The first-order valence-electron chi connectivity index (χ1n) is 5.61. The van der Waals surface area contributed by atoms with E-state index in [1.165, 1.54) is 11.3 Å². The Morgan fingerprint density at radius 1 is 1.26 bits per heavy atom. The summed E-state index contributed by atoms with van der Waals surface area (Å²) >= 11 is 6.19. The first kappa shape index (κ1) is 12.1. The van der Waals surface area contributed by atoms with Gasteiger partial charge in [-0.3, -0.25) is 4.79 Å². The highest BCUT2D eigenvalue weighted by molar-refractivity contribution is 7.73. The zero-order valence-corrected chi connectivity index (χ0v) is 11.3. The Labute approximate surface area is 118 Å². The number of aromatic hydroxyl groups is 1. The summed E-state index contributed by atoms with van der Waals surface area (Å²) in [7, 11) is 0. The fourth-order valence-corrected chi connectivity index (χ4v) is 2.99. The Hall–Kier alpha value is -1.98. The molecule has 19 heavy (non-hydrogen) atoms. The van der Waals surface area contributed by atoms with Crippen molar-refractivity contribution in [2.24, 2.45) is 0 Å². The molecule has 3 nitrogen and oxygen atoms in total. The van der Waals surface area contributed by atoms with Crippen LogP contribution in [-0.4, -0.2) is 15.9 Å². The normalized spacial score (nSPS) is 15.8. The summed E-state index contributed by atoms with van der Waals surface area (Å²) in [5, 5.41) is 9.65. The van der Waals surface area contributed by atoms with Crippen LogP contribution >= 0.6 is 23.6 Å². The molecule has 2 aromatic rings. The summed E-state index contributed by atoms with van der Waals surface area (Å²) in [4.78, 5) is 15.5. The number of carbonyl (C=O) groups excluding carboxylic acids is 1. The van der Waals surface area contributed by atoms with Gasteiger partial charge in [-0.2, -0.15) is 0 Å². The van der Waals surface area contributed by atoms with Crippen LogP contribution in [0.25, 0.3) is 12.2 Å². The average Bonchev–Trinajstić information content (AvgIpc) is 2.72. The quantitative estimate of drug-likeness (QED) is 0.619. The van der Waals surface area contributed by atoms with E-state index in [-0.39, 0.29) is 11.7 Å². The van der Waals surface area contributed by atoms with Crippen molar-refractivity contribution in [3.05, 3.63) is 55.9 Å². The second kappa shape index (κ2) is 4.60. The Bertz CT molecular complexity index is 781. The van der Waals surface area contributed by atoms with E-state index in [1.807, 2.05) is 24.3 Å². The molecule has 1 heterocycles. The predicted molar refractivity (Wildman–Crippen MR) is 79.0 cm³/mol. The van der Waals surface area contributed by atoms with Gasteiger partial charge in [0.2, 0.25) is 5.88 Å². The molecule has 1 aromatic carbocycles. The van der Waals surface area contributed by atoms with Crippen LogP contribution in [0.15, 0.2) is 35.9 Å². The Morgan fingerprint density at radius 2 is 2.05 bits per heavy atom.